The van der Waals surface area contributed by atoms with E-state index in [9.17, 15) is 0 Å². The zero-order valence-electron chi connectivity index (χ0n) is 8.49. The molecule has 14 heavy (non-hydrogen) atoms. The molecular weight excluding hydrogens is 208 g/mol. The number of aliphatic hydroxyl groups excluding tert-OH is 2. The Labute approximate surface area is 89.8 Å². The second kappa shape index (κ2) is 9.68. The molecule has 0 spiro atoms. The summed E-state index contributed by atoms with van der Waals surface area (Å²) in [6, 6.07) is 0. The molecule has 2 N–H and O–H groups in total. The Morgan fingerprint density at radius 1 is 1.36 bits per heavy atom. The molecule has 1 aliphatic rings. The van der Waals surface area contributed by atoms with Crippen molar-refractivity contribution < 1.29 is 19.7 Å². The number of alkyl halides is 1. The lowest BCUT2D eigenvalue weighted by Crippen LogP contribution is -2.36. The topological polar surface area (TPSA) is 58.9 Å². The second-order valence-electron chi connectivity index (χ2n) is 3.05. The van der Waals surface area contributed by atoms with Crippen LogP contribution in [-0.4, -0.2) is 54.7 Å². The van der Waals surface area contributed by atoms with Crippen LogP contribution in [0.5, 0.6) is 0 Å². The van der Waals surface area contributed by atoms with Crippen LogP contribution in [0.3, 0.4) is 0 Å². The van der Waals surface area contributed by atoms with Gasteiger partial charge in [-0.05, 0) is 13.3 Å². The SMILES string of the molecule is CC1COCC(CO)O1.OCCCCl. The zero-order chi connectivity index (χ0) is 10.8. The van der Waals surface area contributed by atoms with E-state index >= 15 is 0 Å². The van der Waals surface area contributed by atoms with Gasteiger partial charge in [0.1, 0.15) is 6.10 Å². The van der Waals surface area contributed by atoms with E-state index in [1.54, 1.807) is 0 Å². The summed E-state index contributed by atoms with van der Waals surface area (Å²) in [7, 11) is 0. The van der Waals surface area contributed by atoms with Crippen molar-refractivity contribution in [1.82, 2.24) is 0 Å². The van der Waals surface area contributed by atoms with Crippen molar-refractivity contribution in [3.8, 4) is 0 Å². The average Bonchev–Trinajstić information content (AvgIpc) is 2.20. The van der Waals surface area contributed by atoms with Gasteiger partial charge in [0, 0.05) is 12.5 Å². The molecule has 1 aliphatic heterocycles. The minimum Gasteiger partial charge on any atom is -0.396 e. The number of halogens is 1. The summed E-state index contributed by atoms with van der Waals surface area (Å²) in [5, 5.41) is 16.6. The summed E-state index contributed by atoms with van der Waals surface area (Å²) >= 11 is 5.14. The van der Waals surface area contributed by atoms with Crippen molar-refractivity contribution in [2.75, 3.05) is 32.3 Å². The minimum absolute atomic E-state index is 0.0599. The van der Waals surface area contributed by atoms with Gasteiger partial charge >= 0.3 is 0 Å². The summed E-state index contributed by atoms with van der Waals surface area (Å²) in [6.45, 7) is 3.38. The molecule has 1 saturated heterocycles. The Hall–Kier alpha value is 0.130. The molecule has 0 bridgehead atoms. The van der Waals surface area contributed by atoms with Crippen LogP contribution < -0.4 is 0 Å². The molecule has 2 unspecified atom stereocenters. The number of hydrogen-bond donors (Lipinski definition) is 2. The fraction of sp³-hybridized carbons (Fsp3) is 1.00. The molecule has 1 rings (SSSR count). The minimum atomic E-state index is -0.103. The van der Waals surface area contributed by atoms with Crippen LogP contribution >= 0.6 is 11.6 Å². The summed E-state index contributed by atoms with van der Waals surface area (Å²) in [5.74, 6) is 0.566. The van der Waals surface area contributed by atoms with E-state index in [-0.39, 0.29) is 25.4 Å². The van der Waals surface area contributed by atoms with Gasteiger partial charge in [-0.3, -0.25) is 0 Å². The molecule has 0 aromatic carbocycles. The summed E-state index contributed by atoms with van der Waals surface area (Å²) in [6.07, 6.45) is 0.742. The van der Waals surface area contributed by atoms with E-state index in [2.05, 4.69) is 0 Å². The molecule has 0 aromatic rings. The largest absolute Gasteiger partial charge is 0.396 e. The normalized spacial score (nSPS) is 26.6. The van der Waals surface area contributed by atoms with Crippen LogP contribution in [-0.2, 0) is 9.47 Å². The van der Waals surface area contributed by atoms with E-state index in [1.807, 2.05) is 6.92 Å². The summed E-state index contributed by atoms with van der Waals surface area (Å²) in [4.78, 5) is 0. The van der Waals surface area contributed by atoms with Gasteiger partial charge in [0.15, 0.2) is 0 Å². The molecule has 2 atom stereocenters. The van der Waals surface area contributed by atoms with Crippen LogP contribution in [0.1, 0.15) is 13.3 Å². The highest BCUT2D eigenvalue weighted by molar-refractivity contribution is 6.17. The van der Waals surface area contributed by atoms with Crippen LogP contribution in [0.15, 0.2) is 0 Å². The van der Waals surface area contributed by atoms with Crippen molar-refractivity contribution in [3.63, 3.8) is 0 Å². The van der Waals surface area contributed by atoms with Gasteiger partial charge in [-0.1, -0.05) is 0 Å². The zero-order valence-corrected chi connectivity index (χ0v) is 9.24. The van der Waals surface area contributed by atoms with Gasteiger partial charge in [-0.15, -0.1) is 11.6 Å². The van der Waals surface area contributed by atoms with E-state index in [0.29, 0.717) is 25.5 Å². The van der Waals surface area contributed by atoms with Gasteiger partial charge in [0.05, 0.1) is 25.9 Å². The number of rotatable bonds is 3. The molecule has 0 aromatic heterocycles. The first-order chi connectivity index (χ1) is 6.74. The van der Waals surface area contributed by atoms with Crippen LogP contribution in [0.25, 0.3) is 0 Å². The fourth-order valence-electron chi connectivity index (χ4n) is 0.928. The Morgan fingerprint density at radius 3 is 2.36 bits per heavy atom. The maximum atomic E-state index is 8.60. The third-order valence-corrected chi connectivity index (χ3v) is 1.84. The maximum Gasteiger partial charge on any atom is 0.104 e. The van der Waals surface area contributed by atoms with Crippen molar-refractivity contribution in [3.05, 3.63) is 0 Å². The molecule has 0 saturated carbocycles. The fourth-order valence-corrected chi connectivity index (χ4v) is 1.05. The van der Waals surface area contributed by atoms with Gasteiger partial charge in [0.25, 0.3) is 0 Å². The number of aliphatic hydroxyl groups is 2. The van der Waals surface area contributed by atoms with Gasteiger partial charge in [-0.2, -0.15) is 0 Å². The monoisotopic (exact) mass is 226 g/mol. The van der Waals surface area contributed by atoms with Crippen molar-refractivity contribution in [2.45, 2.75) is 25.6 Å². The Kier molecular flexibility index (Phi) is 9.77. The molecule has 1 fully saturated rings. The Morgan fingerprint density at radius 2 is 2.07 bits per heavy atom. The quantitative estimate of drug-likeness (QED) is 0.684. The van der Waals surface area contributed by atoms with Crippen LogP contribution in [0.4, 0.5) is 0 Å². The van der Waals surface area contributed by atoms with Gasteiger partial charge in [0.2, 0.25) is 0 Å². The smallest absolute Gasteiger partial charge is 0.104 e. The maximum absolute atomic E-state index is 8.60. The lowest BCUT2D eigenvalue weighted by Gasteiger charge is -2.26. The van der Waals surface area contributed by atoms with Gasteiger partial charge < -0.3 is 19.7 Å². The Balaban J connectivity index is 0.000000292. The first-order valence-electron chi connectivity index (χ1n) is 4.75. The summed E-state index contributed by atoms with van der Waals surface area (Å²) in [5.41, 5.74) is 0. The highest BCUT2D eigenvalue weighted by Gasteiger charge is 2.17. The van der Waals surface area contributed by atoms with Crippen molar-refractivity contribution >= 4 is 11.6 Å². The number of hydrogen-bond acceptors (Lipinski definition) is 4. The van der Waals surface area contributed by atoms with E-state index in [1.165, 1.54) is 0 Å². The van der Waals surface area contributed by atoms with Crippen LogP contribution in [0.2, 0.25) is 0 Å². The molecule has 0 amide bonds. The third-order valence-electron chi connectivity index (χ3n) is 1.58. The molecule has 0 aliphatic carbocycles. The molecule has 0 radical (unpaired) electrons. The highest BCUT2D eigenvalue weighted by atomic mass is 35.5. The predicted octanol–water partition coefficient (Wildman–Crippen LogP) is 0.390. The first-order valence-corrected chi connectivity index (χ1v) is 5.29. The lowest BCUT2D eigenvalue weighted by molar-refractivity contribution is -0.143. The predicted molar refractivity (Wildman–Crippen MR) is 54.7 cm³/mol. The molecule has 1 heterocycles. The molecule has 4 nitrogen and oxygen atoms in total. The molecule has 86 valence electrons. The summed E-state index contributed by atoms with van der Waals surface area (Å²) < 4.78 is 10.4. The first kappa shape index (κ1) is 14.1. The molecular formula is C9H19ClO4. The lowest BCUT2D eigenvalue weighted by atomic mass is 10.3. The second-order valence-corrected chi connectivity index (χ2v) is 3.43. The third kappa shape index (κ3) is 7.53. The van der Waals surface area contributed by atoms with Gasteiger partial charge in [-0.25, -0.2) is 0 Å². The molecule has 5 heteroatoms. The van der Waals surface area contributed by atoms with Crippen molar-refractivity contribution in [2.24, 2.45) is 0 Å². The van der Waals surface area contributed by atoms with Crippen LogP contribution in [0, 0.1) is 0 Å². The Bertz CT molecular complexity index is 121. The van der Waals surface area contributed by atoms with E-state index in [0.717, 1.165) is 0 Å². The van der Waals surface area contributed by atoms with Crippen molar-refractivity contribution in [1.29, 1.82) is 0 Å². The number of ether oxygens (including phenoxy) is 2. The average molecular weight is 227 g/mol. The highest BCUT2D eigenvalue weighted by Crippen LogP contribution is 2.05. The standard InChI is InChI=1S/C6H12O3.C3H7ClO/c1-5-3-8-4-6(2-7)9-5;4-2-1-3-5/h5-7H,2-4H2,1H3;5H,1-3H2. The van der Waals surface area contributed by atoms with E-state index < -0.39 is 0 Å². The van der Waals surface area contributed by atoms with E-state index in [4.69, 9.17) is 31.3 Å².